The number of carbonyl (C=O) groups is 1. The first-order valence-corrected chi connectivity index (χ1v) is 10.6. The SMILES string of the molecule is CCOC(=O)[C@H](C)NP1(=O)OC[C@H]2O[C@@H](n3cnc4c(N)nc(F)nc43)[C@@H](O)[C@@H]2O1. The number of nitrogens with one attached hydrogen (secondary N) is 1. The van der Waals surface area contributed by atoms with Gasteiger partial charge >= 0.3 is 19.8 Å². The third-order valence-corrected chi connectivity index (χ3v) is 6.38. The minimum absolute atomic E-state index is 0.0147. The Morgan fingerprint density at radius 1 is 1.57 bits per heavy atom. The molecule has 0 amide bonds. The lowest BCUT2D eigenvalue weighted by Crippen LogP contribution is -2.44. The average Bonchev–Trinajstić information content (AvgIpc) is 3.23. The first kappa shape index (κ1) is 21.0. The van der Waals surface area contributed by atoms with Crippen LogP contribution in [0.1, 0.15) is 20.1 Å². The van der Waals surface area contributed by atoms with Crippen molar-refractivity contribution in [2.45, 2.75) is 44.4 Å². The van der Waals surface area contributed by atoms with Gasteiger partial charge in [0.15, 0.2) is 23.2 Å². The molecule has 2 saturated heterocycles. The van der Waals surface area contributed by atoms with Gasteiger partial charge in [-0.3, -0.25) is 18.4 Å². The number of nitrogen functional groups attached to an aromatic ring is 1. The van der Waals surface area contributed by atoms with Gasteiger partial charge in [-0.05, 0) is 13.8 Å². The smallest absolute Gasteiger partial charge is 0.406 e. The molecule has 0 aromatic carbocycles. The first-order valence-electron chi connectivity index (χ1n) is 9.09. The maximum Gasteiger partial charge on any atom is 0.406 e. The quantitative estimate of drug-likeness (QED) is 0.316. The van der Waals surface area contributed by atoms with Crippen LogP contribution in [0.15, 0.2) is 6.33 Å². The molecule has 0 bridgehead atoms. The van der Waals surface area contributed by atoms with E-state index in [1.807, 2.05) is 0 Å². The molecule has 2 aromatic heterocycles. The van der Waals surface area contributed by atoms with Crippen molar-refractivity contribution < 1.29 is 37.4 Å². The van der Waals surface area contributed by atoms with Crippen LogP contribution in [-0.4, -0.2) is 68.2 Å². The number of imidazole rings is 1. The fourth-order valence-electron chi connectivity index (χ4n) is 3.30. The molecule has 1 unspecified atom stereocenters. The molecule has 2 aliphatic heterocycles. The molecular weight excluding hydrogens is 426 g/mol. The molecule has 4 heterocycles. The number of fused-ring (bicyclic) bond motifs is 2. The van der Waals surface area contributed by atoms with E-state index < -0.39 is 50.4 Å². The summed E-state index contributed by atoms with van der Waals surface area (Å²) in [6.07, 6.45) is -4.05. The highest BCUT2D eigenvalue weighted by molar-refractivity contribution is 7.51. The Kier molecular flexibility index (Phi) is 5.46. The van der Waals surface area contributed by atoms with Crippen molar-refractivity contribution in [3.63, 3.8) is 0 Å². The number of rotatable bonds is 5. The molecule has 2 aromatic rings. The Balaban J connectivity index is 1.54. The molecule has 0 spiro atoms. The predicted molar refractivity (Wildman–Crippen MR) is 97.3 cm³/mol. The van der Waals surface area contributed by atoms with Crippen molar-refractivity contribution in [1.29, 1.82) is 0 Å². The monoisotopic (exact) mass is 446 g/mol. The average molecular weight is 446 g/mol. The number of esters is 1. The van der Waals surface area contributed by atoms with E-state index in [0.29, 0.717) is 0 Å². The van der Waals surface area contributed by atoms with E-state index in [0.717, 1.165) is 0 Å². The van der Waals surface area contributed by atoms with Crippen molar-refractivity contribution in [3.8, 4) is 0 Å². The lowest BCUT2D eigenvalue weighted by Gasteiger charge is -2.32. The van der Waals surface area contributed by atoms with Crippen molar-refractivity contribution in [1.82, 2.24) is 24.6 Å². The number of halogens is 1. The fraction of sp³-hybridized carbons (Fsp3) is 0.600. The lowest BCUT2D eigenvalue weighted by molar-refractivity contribution is -0.145. The molecule has 4 N–H and O–H groups in total. The molecule has 13 nitrogen and oxygen atoms in total. The Morgan fingerprint density at radius 3 is 3.07 bits per heavy atom. The van der Waals surface area contributed by atoms with Crippen molar-refractivity contribution in [2.75, 3.05) is 18.9 Å². The molecular formula is C15H20FN6O7P. The molecule has 4 rings (SSSR count). The van der Waals surface area contributed by atoms with E-state index in [1.54, 1.807) is 6.92 Å². The van der Waals surface area contributed by atoms with Gasteiger partial charge in [-0.2, -0.15) is 14.4 Å². The molecule has 2 aliphatic rings. The number of aliphatic hydroxyl groups excluding tert-OH is 1. The molecule has 6 atom stereocenters. The van der Waals surface area contributed by atoms with Crippen molar-refractivity contribution in [2.24, 2.45) is 0 Å². The van der Waals surface area contributed by atoms with Crippen LogP contribution in [0.2, 0.25) is 0 Å². The first-order chi connectivity index (χ1) is 14.2. The van der Waals surface area contributed by atoms with Gasteiger partial charge < -0.3 is 20.3 Å². The van der Waals surface area contributed by atoms with E-state index in [1.165, 1.54) is 17.8 Å². The third kappa shape index (κ3) is 3.66. The lowest BCUT2D eigenvalue weighted by atomic mass is 10.1. The molecule has 15 heteroatoms. The second-order valence-corrected chi connectivity index (χ2v) is 8.45. The molecule has 2 fully saturated rings. The van der Waals surface area contributed by atoms with Crippen LogP contribution >= 0.6 is 7.75 Å². The third-order valence-electron chi connectivity index (χ3n) is 4.67. The van der Waals surface area contributed by atoms with Gasteiger partial charge in [0.2, 0.25) is 0 Å². The summed E-state index contributed by atoms with van der Waals surface area (Å²) in [7, 11) is -3.94. The summed E-state index contributed by atoms with van der Waals surface area (Å²) in [5.74, 6) is -0.797. The number of anilines is 1. The van der Waals surface area contributed by atoms with Crippen molar-refractivity contribution in [3.05, 3.63) is 12.4 Å². The molecule has 30 heavy (non-hydrogen) atoms. The maximum atomic E-state index is 13.6. The van der Waals surface area contributed by atoms with Gasteiger partial charge in [0.25, 0.3) is 0 Å². The van der Waals surface area contributed by atoms with E-state index in [9.17, 15) is 18.9 Å². The van der Waals surface area contributed by atoms with Gasteiger partial charge in [0.1, 0.15) is 24.4 Å². The summed E-state index contributed by atoms with van der Waals surface area (Å²) in [5, 5.41) is 13.2. The van der Waals surface area contributed by atoms with E-state index in [-0.39, 0.29) is 30.2 Å². The van der Waals surface area contributed by atoms with Crippen LogP contribution < -0.4 is 10.8 Å². The topological polar surface area (TPSA) is 173 Å². The zero-order valence-electron chi connectivity index (χ0n) is 16.0. The van der Waals surface area contributed by atoms with Gasteiger partial charge in [-0.25, -0.2) is 14.6 Å². The number of carbonyl (C=O) groups excluding carboxylic acids is 1. The number of aliphatic hydroxyl groups is 1. The standard InChI is InChI=1S/C15H20FN6O7P/c1-3-26-14(24)6(2)21-30(25)27-4-7-10(29-30)9(23)13(28-7)22-5-18-8-11(17)19-15(16)20-12(8)22/h5-7,9-10,13,23H,3-4H2,1-2H3,(H,21,25)(H2,17,19,20)/t6-,7+,9-,10+,13+,30?/m0/s1. The summed E-state index contributed by atoms with van der Waals surface area (Å²) in [6, 6.07) is -0.970. The Bertz CT molecular complexity index is 1020. The highest BCUT2D eigenvalue weighted by atomic mass is 31.2. The van der Waals surface area contributed by atoms with Crippen molar-refractivity contribution >= 4 is 30.7 Å². The summed E-state index contributed by atoms with van der Waals surface area (Å²) in [4.78, 5) is 22.9. The Labute approximate surface area is 169 Å². The number of hydrogen-bond acceptors (Lipinski definition) is 11. The summed E-state index contributed by atoms with van der Waals surface area (Å²) in [5.41, 5.74) is 5.80. The van der Waals surface area contributed by atoms with Gasteiger partial charge in [-0.1, -0.05) is 0 Å². The highest BCUT2D eigenvalue weighted by Gasteiger charge is 2.53. The minimum atomic E-state index is -3.94. The van der Waals surface area contributed by atoms with E-state index in [2.05, 4.69) is 20.0 Å². The molecule has 0 radical (unpaired) electrons. The summed E-state index contributed by atoms with van der Waals surface area (Å²) in [6.45, 7) is 3.05. The number of nitrogens with zero attached hydrogens (tertiary/aromatic N) is 4. The number of hydrogen-bond donors (Lipinski definition) is 3. The minimum Gasteiger partial charge on any atom is -0.465 e. The molecule has 164 valence electrons. The second-order valence-electron chi connectivity index (χ2n) is 6.72. The van der Waals surface area contributed by atoms with Gasteiger partial charge in [0.05, 0.1) is 19.5 Å². The largest absolute Gasteiger partial charge is 0.465 e. The van der Waals surface area contributed by atoms with E-state index in [4.69, 9.17) is 24.3 Å². The van der Waals surface area contributed by atoms with E-state index >= 15 is 0 Å². The zero-order valence-corrected chi connectivity index (χ0v) is 16.9. The Morgan fingerprint density at radius 2 is 2.33 bits per heavy atom. The molecule has 0 saturated carbocycles. The van der Waals surface area contributed by atoms with Gasteiger partial charge in [-0.15, -0.1) is 0 Å². The fourth-order valence-corrected chi connectivity index (χ4v) is 5.00. The van der Waals surface area contributed by atoms with Crippen LogP contribution in [-0.2, 0) is 27.9 Å². The normalized spacial score (nSPS) is 32.1. The maximum absolute atomic E-state index is 13.6. The van der Waals surface area contributed by atoms with Gasteiger partial charge in [0, 0.05) is 0 Å². The molecule has 0 aliphatic carbocycles. The predicted octanol–water partition coefficient (Wildman–Crippen LogP) is -0.129. The number of aromatic nitrogens is 4. The van der Waals surface area contributed by atoms with Crippen LogP contribution in [0.25, 0.3) is 11.2 Å². The van der Waals surface area contributed by atoms with Crippen LogP contribution in [0.3, 0.4) is 0 Å². The summed E-state index contributed by atoms with van der Waals surface area (Å²) < 4.78 is 49.1. The van der Waals surface area contributed by atoms with Crippen LogP contribution in [0.4, 0.5) is 10.2 Å². The van der Waals surface area contributed by atoms with Crippen LogP contribution in [0.5, 0.6) is 0 Å². The van der Waals surface area contributed by atoms with Crippen LogP contribution in [0, 0.1) is 6.08 Å². The Hall–Kier alpha value is -2.22. The highest BCUT2D eigenvalue weighted by Crippen LogP contribution is 2.53. The number of nitrogens with two attached hydrogens (primary N) is 1. The second kappa shape index (κ2) is 7.80. The number of ether oxygens (including phenoxy) is 2. The zero-order chi connectivity index (χ0) is 21.6. The summed E-state index contributed by atoms with van der Waals surface area (Å²) >= 11 is 0.